The molecule has 1 N–H and O–H groups in total. The zero-order valence-electron chi connectivity index (χ0n) is 17.2. The Morgan fingerprint density at radius 1 is 1.00 bits per heavy atom. The molecule has 1 saturated heterocycles. The number of nitrogens with zero attached hydrogens (tertiary/aromatic N) is 1. The summed E-state index contributed by atoms with van der Waals surface area (Å²) in [6.45, 7) is 1.36. The number of piperidine rings is 1. The zero-order chi connectivity index (χ0) is 21.7. The molecule has 7 heteroatoms. The molecule has 1 amide bonds. The molecule has 6 nitrogen and oxygen atoms in total. The Hall–Kier alpha value is -2.90. The molecule has 0 radical (unpaired) electrons. The minimum absolute atomic E-state index is 0.130. The van der Waals surface area contributed by atoms with Crippen molar-refractivity contribution < 1.29 is 17.9 Å². The van der Waals surface area contributed by atoms with Crippen molar-refractivity contribution in [2.75, 3.05) is 26.2 Å². The van der Waals surface area contributed by atoms with E-state index in [0.717, 1.165) is 16.5 Å². The van der Waals surface area contributed by atoms with Gasteiger partial charge in [-0.25, -0.2) is 8.42 Å². The van der Waals surface area contributed by atoms with E-state index < -0.39 is 10.0 Å². The van der Waals surface area contributed by atoms with E-state index >= 15 is 0 Å². The molecular weight excluding hydrogens is 412 g/mol. The van der Waals surface area contributed by atoms with Crippen LogP contribution in [-0.4, -0.2) is 44.9 Å². The van der Waals surface area contributed by atoms with E-state index in [1.165, 1.54) is 4.31 Å². The quantitative estimate of drug-likeness (QED) is 0.574. The Bertz CT molecular complexity index is 1150. The highest BCUT2D eigenvalue weighted by atomic mass is 32.2. The molecule has 0 aliphatic carbocycles. The molecule has 0 bridgehead atoms. The maximum absolute atomic E-state index is 12.8. The van der Waals surface area contributed by atoms with Crippen molar-refractivity contribution in [3.8, 4) is 5.75 Å². The lowest BCUT2D eigenvalue weighted by Gasteiger charge is -2.31. The van der Waals surface area contributed by atoms with Gasteiger partial charge in [0.25, 0.3) is 0 Å². The zero-order valence-corrected chi connectivity index (χ0v) is 18.1. The van der Waals surface area contributed by atoms with Crippen LogP contribution in [0.1, 0.15) is 12.8 Å². The monoisotopic (exact) mass is 438 g/mol. The summed E-state index contributed by atoms with van der Waals surface area (Å²) >= 11 is 0. The summed E-state index contributed by atoms with van der Waals surface area (Å²) < 4.78 is 32.9. The molecule has 1 atom stereocenters. The lowest BCUT2D eigenvalue weighted by Crippen LogP contribution is -2.45. The number of fused-ring (bicyclic) bond motifs is 1. The number of carbonyl (C=O) groups is 1. The van der Waals surface area contributed by atoms with Crippen LogP contribution in [0.3, 0.4) is 0 Å². The maximum atomic E-state index is 12.8. The fourth-order valence-corrected chi connectivity index (χ4v) is 5.41. The molecule has 162 valence electrons. The molecule has 0 aromatic heterocycles. The van der Waals surface area contributed by atoms with Crippen molar-refractivity contribution in [3.63, 3.8) is 0 Å². The lowest BCUT2D eigenvalue weighted by atomic mass is 9.99. The van der Waals surface area contributed by atoms with Crippen LogP contribution in [0, 0.1) is 5.92 Å². The highest BCUT2D eigenvalue weighted by Crippen LogP contribution is 2.24. The van der Waals surface area contributed by atoms with Crippen molar-refractivity contribution in [1.29, 1.82) is 0 Å². The smallest absolute Gasteiger partial charge is 0.243 e. The molecule has 1 heterocycles. The van der Waals surface area contributed by atoms with Crippen LogP contribution in [0.4, 0.5) is 0 Å². The number of carbonyl (C=O) groups excluding carboxylic acids is 1. The fourth-order valence-electron chi connectivity index (χ4n) is 3.86. The number of hydrogen-bond donors (Lipinski definition) is 1. The molecule has 4 rings (SSSR count). The van der Waals surface area contributed by atoms with Gasteiger partial charge in [-0.1, -0.05) is 48.5 Å². The SMILES string of the molecule is O=C(NCCOc1ccc2ccccc2c1)C1CCCN(S(=O)(=O)c2ccccc2)C1. The minimum atomic E-state index is -3.58. The van der Waals surface area contributed by atoms with E-state index in [0.29, 0.717) is 32.5 Å². The molecule has 31 heavy (non-hydrogen) atoms. The number of amides is 1. The average molecular weight is 439 g/mol. The summed E-state index contributed by atoms with van der Waals surface area (Å²) in [6, 6.07) is 22.3. The summed E-state index contributed by atoms with van der Waals surface area (Å²) in [5, 5.41) is 5.14. The van der Waals surface area contributed by atoms with E-state index in [4.69, 9.17) is 4.74 Å². The van der Waals surface area contributed by atoms with E-state index in [1.807, 2.05) is 42.5 Å². The first kappa shape index (κ1) is 21.3. The Morgan fingerprint density at radius 3 is 2.55 bits per heavy atom. The van der Waals surface area contributed by atoms with E-state index in [2.05, 4.69) is 5.32 Å². The highest BCUT2D eigenvalue weighted by Gasteiger charge is 2.33. The van der Waals surface area contributed by atoms with E-state index in [9.17, 15) is 13.2 Å². The second-order valence-electron chi connectivity index (χ2n) is 7.66. The Kier molecular flexibility index (Phi) is 6.53. The summed E-state index contributed by atoms with van der Waals surface area (Å²) in [7, 11) is -3.58. The third-order valence-electron chi connectivity index (χ3n) is 5.53. The summed E-state index contributed by atoms with van der Waals surface area (Å²) in [5.74, 6) is 0.272. The van der Waals surface area contributed by atoms with Crippen LogP contribution in [0.5, 0.6) is 5.75 Å². The van der Waals surface area contributed by atoms with Crippen molar-refractivity contribution in [3.05, 3.63) is 72.8 Å². The molecule has 0 saturated carbocycles. The first-order valence-electron chi connectivity index (χ1n) is 10.5. The molecule has 0 spiro atoms. The molecule has 3 aromatic carbocycles. The van der Waals surface area contributed by atoms with Gasteiger partial charge in [-0.2, -0.15) is 4.31 Å². The Labute approximate surface area is 182 Å². The van der Waals surface area contributed by atoms with Gasteiger partial charge in [0.1, 0.15) is 12.4 Å². The van der Waals surface area contributed by atoms with Crippen molar-refractivity contribution in [1.82, 2.24) is 9.62 Å². The second-order valence-corrected chi connectivity index (χ2v) is 9.60. The van der Waals surface area contributed by atoms with Crippen LogP contribution >= 0.6 is 0 Å². The first-order chi connectivity index (χ1) is 15.0. The number of sulfonamides is 1. The average Bonchev–Trinajstić information content (AvgIpc) is 2.82. The van der Waals surface area contributed by atoms with Gasteiger partial charge < -0.3 is 10.1 Å². The van der Waals surface area contributed by atoms with Gasteiger partial charge in [-0.05, 0) is 47.9 Å². The predicted molar refractivity (Wildman–Crippen MR) is 120 cm³/mol. The standard InChI is InChI=1S/C24H26N2O4S/c27-24(25-14-16-30-22-13-12-19-7-4-5-8-20(19)17-22)21-9-6-15-26(18-21)31(28,29)23-10-2-1-3-11-23/h1-5,7-8,10-13,17,21H,6,9,14-16,18H2,(H,25,27). The van der Waals surface area contributed by atoms with Crippen LogP contribution in [0.15, 0.2) is 77.7 Å². The van der Waals surface area contributed by atoms with Crippen LogP contribution in [0.25, 0.3) is 10.8 Å². The van der Waals surface area contributed by atoms with E-state index in [-0.39, 0.29) is 23.3 Å². The van der Waals surface area contributed by atoms with Crippen molar-refractivity contribution in [2.24, 2.45) is 5.92 Å². The molecular formula is C24H26N2O4S. The molecule has 1 unspecified atom stereocenters. The fraction of sp³-hybridized carbons (Fsp3) is 0.292. The summed E-state index contributed by atoms with van der Waals surface area (Å²) in [4.78, 5) is 12.9. The van der Waals surface area contributed by atoms with Gasteiger partial charge in [0.15, 0.2) is 0 Å². The van der Waals surface area contributed by atoms with Gasteiger partial charge in [-0.15, -0.1) is 0 Å². The molecule has 3 aromatic rings. The third-order valence-corrected chi connectivity index (χ3v) is 7.41. The molecule has 1 fully saturated rings. The minimum Gasteiger partial charge on any atom is -0.492 e. The van der Waals surface area contributed by atoms with Crippen LogP contribution in [0.2, 0.25) is 0 Å². The first-order valence-corrected chi connectivity index (χ1v) is 11.9. The van der Waals surface area contributed by atoms with Gasteiger partial charge >= 0.3 is 0 Å². The van der Waals surface area contributed by atoms with Gasteiger partial charge in [0, 0.05) is 13.1 Å². The lowest BCUT2D eigenvalue weighted by molar-refractivity contribution is -0.126. The summed E-state index contributed by atoms with van der Waals surface area (Å²) in [6.07, 6.45) is 1.34. The topological polar surface area (TPSA) is 75.7 Å². The highest BCUT2D eigenvalue weighted by molar-refractivity contribution is 7.89. The normalized spacial score (nSPS) is 17.4. The Balaban J connectivity index is 1.28. The van der Waals surface area contributed by atoms with Crippen molar-refractivity contribution >= 4 is 26.7 Å². The van der Waals surface area contributed by atoms with E-state index in [1.54, 1.807) is 30.3 Å². The number of hydrogen-bond acceptors (Lipinski definition) is 4. The predicted octanol–water partition coefficient (Wildman–Crippen LogP) is 3.44. The van der Waals surface area contributed by atoms with Gasteiger partial charge in [-0.3, -0.25) is 4.79 Å². The van der Waals surface area contributed by atoms with Crippen molar-refractivity contribution in [2.45, 2.75) is 17.7 Å². The largest absolute Gasteiger partial charge is 0.492 e. The second kappa shape index (κ2) is 9.49. The van der Waals surface area contributed by atoms with Gasteiger partial charge in [0.05, 0.1) is 17.4 Å². The Morgan fingerprint density at radius 2 is 1.74 bits per heavy atom. The number of benzene rings is 3. The summed E-state index contributed by atoms with van der Waals surface area (Å²) in [5.41, 5.74) is 0. The third kappa shape index (κ3) is 5.06. The van der Waals surface area contributed by atoms with Gasteiger partial charge in [0.2, 0.25) is 15.9 Å². The molecule has 1 aliphatic heterocycles. The van der Waals surface area contributed by atoms with Crippen LogP contribution in [-0.2, 0) is 14.8 Å². The number of nitrogens with one attached hydrogen (secondary N) is 1. The molecule has 1 aliphatic rings. The van der Waals surface area contributed by atoms with Crippen LogP contribution < -0.4 is 10.1 Å². The maximum Gasteiger partial charge on any atom is 0.243 e. The number of ether oxygens (including phenoxy) is 1. The number of rotatable bonds is 7.